The van der Waals surface area contributed by atoms with Gasteiger partial charge in [-0.15, -0.1) is 0 Å². The maximum absolute atomic E-state index is 4.25. The molecule has 1 rings (SSSR count). The molecule has 66 valence electrons. The average molecular weight is 156 g/mol. The summed E-state index contributed by atoms with van der Waals surface area (Å²) in [4.78, 5) is 0. The molecular weight excluding hydrogens is 134 g/mol. The number of rotatable bonds is 3. The Balaban J connectivity index is 2.21. The van der Waals surface area contributed by atoms with Crippen molar-refractivity contribution in [3.8, 4) is 0 Å². The zero-order valence-corrected chi connectivity index (χ0v) is 7.81. The Labute approximate surface area is 70.4 Å². The van der Waals surface area contributed by atoms with E-state index >= 15 is 0 Å². The average Bonchev–Trinajstić information content (AvgIpc) is 2.07. The lowest BCUT2D eigenvalue weighted by Gasteiger charge is -2.24. The molecule has 1 heteroatoms. The van der Waals surface area contributed by atoms with Crippen molar-refractivity contribution in [2.45, 2.75) is 57.9 Å². The second-order valence-electron chi connectivity index (χ2n) is 3.95. The Hall–Kier alpha value is -0.0400. The van der Waals surface area contributed by atoms with Gasteiger partial charge in [-0.05, 0) is 19.3 Å². The molecule has 1 atom stereocenters. The molecule has 3 N–H and O–H groups in total. The number of hydrogen-bond donors (Lipinski definition) is 1. The van der Waals surface area contributed by atoms with Gasteiger partial charge in [0, 0.05) is 5.92 Å². The van der Waals surface area contributed by atoms with Gasteiger partial charge in [-0.1, -0.05) is 32.6 Å². The van der Waals surface area contributed by atoms with Crippen molar-refractivity contribution >= 4 is 0 Å². The molecule has 1 saturated carbocycles. The van der Waals surface area contributed by atoms with E-state index in [1.165, 1.54) is 44.9 Å². The van der Waals surface area contributed by atoms with E-state index in [-0.39, 0.29) is 0 Å². The van der Waals surface area contributed by atoms with E-state index in [1.807, 2.05) is 0 Å². The van der Waals surface area contributed by atoms with Crippen LogP contribution in [-0.4, -0.2) is 6.04 Å². The van der Waals surface area contributed by atoms with Crippen LogP contribution in [0.2, 0.25) is 0 Å². The third kappa shape index (κ3) is 2.82. The van der Waals surface area contributed by atoms with Crippen LogP contribution in [0, 0.1) is 5.92 Å². The fourth-order valence-corrected chi connectivity index (χ4v) is 2.21. The highest BCUT2D eigenvalue weighted by Gasteiger charge is 2.21. The van der Waals surface area contributed by atoms with Crippen molar-refractivity contribution in [1.82, 2.24) is 0 Å². The van der Waals surface area contributed by atoms with E-state index < -0.39 is 0 Å². The normalized spacial score (nSPS) is 23.5. The Morgan fingerprint density at radius 1 is 1.27 bits per heavy atom. The second kappa shape index (κ2) is 4.76. The van der Waals surface area contributed by atoms with Gasteiger partial charge in [-0.3, -0.25) is 0 Å². The van der Waals surface area contributed by atoms with E-state index in [0.717, 1.165) is 12.0 Å². The predicted molar refractivity (Wildman–Crippen MR) is 48.2 cm³/mol. The molecule has 0 saturated heterocycles. The van der Waals surface area contributed by atoms with E-state index in [9.17, 15) is 0 Å². The first-order chi connectivity index (χ1) is 5.34. The van der Waals surface area contributed by atoms with Crippen molar-refractivity contribution in [2.24, 2.45) is 5.92 Å². The van der Waals surface area contributed by atoms with Crippen LogP contribution >= 0.6 is 0 Å². The molecule has 11 heavy (non-hydrogen) atoms. The minimum absolute atomic E-state index is 0.750. The molecule has 0 unspecified atom stereocenters. The van der Waals surface area contributed by atoms with Gasteiger partial charge in [0.05, 0.1) is 6.04 Å². The lowest BCUT2D eigenvalue weighted by Crippen LogP contribution is -2.64. The summed E-state index contributed by atoms with van der Waals surface area (Å²) >= 11 is 0. The summed E-state index contributed by atoms with van der Waals surface area (Å²) < 4.78 is 0. The first-order valence-electron chi connectivity index (χ1n) is 5.17. The summed E-state index contributed by atoms with van der Waals surface area (Å²) in [5, 5.41) is 0. The van der Waals surface area contributed by atoms with E-state index in [2.05, 4.69) is 12.7 Å². The van der Waals surface area contributed by atoms with Crippen LogP contribution in [0.5, 0.6) is 0 Å². The molecule has 0 bridgehead atoms. The highest BCUT2D eigenvalue weighted by Crippen LogP contribution is 2.26. The molecule has 0 spiro atoms. The van der Waals surface area contributed by atoms with Gasteiger partial charge < -0.3 is 5.73 Å². The van der Waals surface area contributed by atoms with Gasteiger partial charge in [-0.2, -0.15) is 0 Å². The smallest absolute Gasteiger partial charge is 0.0871 e. The summed E-state index contributed by atoms with van der Waals surface area (Å²) in [6.45, 7) is 2.26. The lowest BCUT2D eigenvalue weighted by atomic mass is 9.83. The number of hydrogen-bond acceptors (Lipinski definition) is 0. The minimum atomic E-state index is 0.750. The highest BCUT2D eigenvalue weighted by molar-refractivity contribution is 4.71. The standard InChI is InChI=1S/C10H21N/c1-2-6-10(11)9-7-4-3-5-8-9/h9-10H,2-8,11H2,1H3/p+1/t10-/m0/s1. The second-order valence-corrected chi connectivity index (χ2v) is 3.95. The van der Waals surface area contributed by atoms with Gasteiger partial charge in [0.1, 0.15) is 0 Å². The zero-order chi connectivity index (χ0) is 8.10. The molecule has 0 radical (unpaired) electrons. The third-order valence-corrected chi connectivity index (χ3v) is 2.98. The van der Waals surface area contributed by atoms with Crippen LogP contribution in [0.1, 0.15) is 51.9 Å². The minimum Gasteiger partial charge on any atom is -0.355 e. The van der Waals surface area contributed by atoms with Crippen LogP contribution in [-0.2, 0) is 0 Å². The summed E-state index contributed by atoms with van der Waals surface area (Å²) in [5.74, 6) is 0.962. The Morgan fingerprint density at radius 3 is 2.45 bits per heavy atom. The molecule has 1 aliphatic rings. The fraction of sp³-hybridized carbons (Fsp3) is 1.00. The summed E-state index contributed by atoms with van der Waals surface area (Å²) in [7, 11) is 0. The first-order valence-corrected chi connectivity index (χ1v) is 5.17. The monoisotopic (exact) mass is 156 g/mol. The molecule has 0 aromatic heterocycles. The van der Waals surface area contributed by atoms with Crippen LogP contribution in [0.25, 0.3) is 0 Å². The fourth-order valence-electron chi connectivity index (χ4n) is 2.21. The maximum atomic E-state index is 4.25. The van der Waals surface area contributed by atoms with Gasteiger partial charge in [0.15, 0.2) is 0 Å². The van der Waals surface area contributed by atoms with Crippen LogP contribution < -0.4 is 5.73 Å². The van der Waals surface area contributed by atoms with Crippen molar-refractivity contribution in [3.63, 3.8) is 0 Å². The van der Waals surface area contributed by atoms with Crippen molar-refractivity contribution in [2.75, 3.05) is 0 Å². The zero-order valence-electron chi connectivity index (χ0n) is 7.81. The molecule has 1 aliphatic carbocycles. The molecule has 0 aliphatic heterocycles. The maximum Gasteiger partial charge on any atom is 0.0871 e. The Morgan fingerprint density at radius 2 is 1.91 bits per heavy atom. The van der Waals surface area contributed by atoms with Crippen molar-refractivity contribution < 1.29 is 5.73 Å². The molecule has 1 nitrogen and oxygen atoms in total. The SMILES string of the molecule is CCC[C@H]([NH3+])C1CCCCC1. The predicted octanol–water partition coefficient (Wildman–Crippen LogP) is 1.98. The lowest BCUT2D eigenvalue weighted by molar-refractivity contribution is -0.436. The molecule has 0 heterocycles. The van der Waals surface area contributed by atoms with Crippen LogP contribution in [0.3, 0.4) is 0 Å². The number of quaternary nitrogens is 1. The Bertz CT molecular complexity index is 95.0. The molecular formula is C10H22N+. The van der Waals surface area contributed by atoms with Gasteiger partial charge in [-0.25, -0.2) is 0 Å². The topological polar surface area (TPSA) is 27.6 Å². The van der Waals surface area contributed by atoms with E-state index in [1.54, 1.807) is 0 Å². The van der Waals surface area contributed by atoms with E-state index in [4.69, 9.17) is 0 Å². The van der Waals surface area contributed by atoms with Crippen LogP contribution in [0.4, 0.5) is 0 Å². The summed E-state index contributed by atoms with van der Waals surface area (Å²) in [5.41, 5.74) is 4.25. The van der Waals surface area contributed by atoms with Crippen molar-refractivity contribution in [3.05, 3.63) is 0 Å². The molecule has 0 amide bonds. The largest absolute Gasteiger partial charge is 0.355 e. The van der Waals surface area contributed by atoms with Gasteiger partial charge in [0.25, 0.3) is 0 Å². The van der Waals surface area contributed by atoms with E-state index in [0.29, 0.717) is 0 Å². The highest BCUT2D eigenvalue weighted by atomic mass is 14.6. The third-order valence-electron chi connectivity index (χ3n) is 2.98. The molecule has 1 fully saturated rings. The first kappa shape index (κ1) is 9.05. The van der Waals surface area contributed by atoms with Gasteiger partial charge >= 0.3 is 0 Å². The van der Waals surface area contributed by atoms with Gasteiger partial charge in [0.2, 0.25) is 0 Å². The summed E-state index contributed by atoms with van der Waals surface area (Å²) in [6.07, 6.45) is 9.94. The Kier molecular flexibility index (Phi) is 3.92. The quantitative estimate of drug-likeness (QED) is 0.647. The molecule has 0 aromatic rings. The van der Waals surface area contributed by atoms with Crippen LogP contribution in [0.15, 0.2) is 0 Å². The summed E-state index contributed by atoms with van der Waals surface area (Å²) in [6, 6.07) is 0.750. The molecule has 0 aromatic carbocycles. The van der Waals surface area contributed by atoms with Crippen molar-refractivity contribution in [1.29, 1.82) is 0 Å².